The first kappa shape index (κ1) is 15.3. The minimum atomic E-state index is 0.479. The minimum absolute atomic E-state index is 0.479. The highest BCUT2D eigenvalue weighted by Crippen LogP contribution is 2.16. The molecule has 6 nitrogen and oxygen atoms in total. The summed E-state index contributed by atoms with van der Waals surface area (Å²) in [5, 5.41) is 8.20. The number of hydrogen-bond donors (Lipinski definition) is 1. The molecule has 0 spiro atoms. The van der Waals surface area contributed by atoms with Gasteiger partial charge in [0.2, 0.25) is 0 Å². The Kier molecular flexibility index (Phi) is 4.30. The lowest BCUT2D eigenvalue weighted by atomic mass is 10.1. The topological polar surface area (TPSA) is 68.8 Å². The Morgan fingerprint density at radius 2 is 2.21 bits per heavy atom. The summed E-state index contributed by atoms with van der Waals surface area (Å²) in [7, 11) is 0. The van der Waals surface area contributed by atoms with Gasteiger partial charge in [-0.15, -0.1) is 0 Å². The van der Waals surface area contributed by atoms with E-state index in [1.54, 1.807) is 0 Å². The number of aromatic nitrogens is 4. The van der Waals surface area contributed by atoms with Crippen LogP contribution < -0.4 is 5.32 Å². The van der Waals surface area contributed by atoms with Crippen molar-refractivity contribution < 1.29 is 4.42 Å². The summed E-state index contributed by atoms with van der Waals surface area (Å²) in [5.74, 6) is 2.92. The van der Waals surface area contributed by atoms with E-state index < -0.39 is 0 Å². The highest BCUT2D eigenvalue weighted by atomic mass is 16.3. The minimum Gasteiger partial charge on any atom is -0.441 e. The molecule has 2 aromatic heterocycles. The zero-order chi connectivity index (χ0) is 16.4. The summed E-state index contributed by atoms with van der Waals surface area (Å²) in [6, 6.07) is 8.40. The number of benzene rings is 1. The highest BCUT2D eigenvalue weighted by Gasteiger charge is 2.20. The second-order valence-electron chi connectivity index (χ2n) is 6.35. The molecule has 1 aromatic carbocycles. The number of para-hydroxylation sites is 2. The van der Waals surface area contributed by atoms with Crippen molar-refractivity contribution in [2.24, 2.45) is 0 Å². The fourth-order valence-corrected chi connectivity index (χ4v) is 3.25. The summed E-state index contributed by atoms with van der Waals surface area (Å²) >= 11 is 0. The molecule has 3 heterocycles. The fourth-order valence-electron chi connectivity index (χ4n) is 3.25. The molecule has 0 bridgehead atoms. The first-order valence-electron chi connectivity index (χ1n) is 8.82. The maximum atomic E-state index is 5.76. The van der Waals surface area contributed by atoms with Crippen molar-refractivity contribution in [2.45, 2.75) is 51.6 Å². The van der Waals surface area contributed by atoms with Crippen molar-refractivity contribution in [3.8, 4) is 0 Å². The Hall–Kier alpha value is -2.21. The van der Waals surface area contributed by atoms with Crippen LogP contribution in [-0.2, 0) is 25.8 Å². The summed E-state index contributed by atoms with van der Waals surface area (Å²) in [6.45, 7) is 3.99. The van der Waals surface area contributed by atoms with Crippen molar-refractivity contribution in [3.05, 3.63) is 41.8 Å². The quantitative estimate of drug-likeness (QED) is 0.705. The van der Waals surface area contributed by atoms with Crippen LogP contribution in [0.4, 0.5) is 0 Å². The Labute approximate surface area is 141 Å². The molecule has 1 N–H and O–H groups in total. The zero-order valence-corrected chi connectivity index (χ0v) is 14.0. The molecule has 1 aliphatic heterocycles. The second-order valence-corrected chi connectivity index (χ2v) is 6.35. The van der Waals surface area contributed by atoms with Gasteiger partial charge in [-0.3, -0.25) is 0 Å². The number of aryl methyl sites for hydroxylation is 3. The van der Waals surface area contributed by atoms with Crippen LogP contribution in [0.5, 0.6) is 0 Å². The van der Waals surface area contributed by atoms with Crippen molar-refractivity contribution in [1.82, 2.24) is 25.1 Å². The van der Waals surface area contributed by atoms with Crippen LogP contribution >= 0.6 is 0 Å². The Balaban J connectivity index is 1.25. The number of hydrogen-bond acceptors (Lipinski definition) is 5. The van der Waals surface area contributed by atoms with Crippen molar-refractivity contribution in [2.75, 3.05) is 6.54 Å². The summed E-state index contributed by atoms with van der Waals surface area (Å²) in [6.07, 6.45) is 4.93. The number of nitrogens with zero attached hydrogens (tertiary/aromatic N) is 4. The molecule has 126 valence electrons. The molecular formula is C18H23N5O. The van der Waals surface area contributed by atoms with Crippen molar-refractivity contribution >= 4 is 11.1 Å². The average molecular weight is 325 g/mol. The Bertz CT molecular complexity index is 789. The molecule has 0 amide bonds. The standard InChI is InChI=1S/C18H23N5O/c1-2-16-21-17-10-9-13(12-23(17)22-16)19-11-5-8-18-20-14-6-3-4-7-15(14)24-18/h3-4,6-7,13,19H,2,5,8-12H2,1H3. The Morgan fingerprint density at radius 1 is 1.29 bits per heavy atom. The molecule has 0 saturated heterocycles. The molecule has 24 heavy (non-hydrogen) atoms. The van der Waals surface area contributed by atoms with Crippen molar-refractivity contribution in [3.63, 3.8) is 0 Å². The van der Waals surface area contributed by atoms with Gasteiger partial charge in [0.15, 0.2) is 17.3 Å². The predicted octanol–water partition coefficient (Wildman–Crippen LogP) is 2.52. The van der Waals surface area contributed by atoms with Crippen LogP contribution in [0.25, 0.3) is 11.1 Å². The number of fused-ring (bicyclic) bond motifs is 2. The van der Waals surface area contributed by atoms with Gasteiger partial charge in [-0.1, -0.05) is 19.1 Å². The highest BCUT2D eigenvalue weighted by molar-refractivity contribution is 5.72. The van der Waals surface area contributed by atoms with Gasteiger partial charge < -0.3 is 9.73 Å². The summed E-state index contributed by atoms with van der Waals surface area (Å²) < 4.78 is 7.83. The van der Waals surface area contributed by atoms with Crippen LogP contribution in [-0.4, -0.2) is 32.3 Å². The fraction of sp³-hybridized carbons (Fsp3) is 0.500. The lowest BCUT2D eigenvalue weighted by Gasteiger charge is -2.23. The third-order valence-corrected chi connectivity index (χ3v) is 4.56. The van der Waals surface area contributed by atoms with E-state index in [9.17, 15) is 0 Å². The smallest absolute Gasteiger partial charge is 0.195 e. The van der Waals surface area contributed by atoms with E-state index in [-0.39, 0.29) is 0 Å². The van der Waals surface area contributed by atoms with E-state index in [0.29, 0.717) is 6.04 Å². The number of oxazole rings is 1. The molecule has 1 unspecified atom stereocenters. The monoisotopic (exact) mass is 325 g/mol. The largest absolute Gasteiger partial charge is 0.441 e. The summed E-state index contributed by atoms with van der Waals surface area (Å²) in [5.41, 5.74) is 1.82. The average Bonchev–Trinajstić information content (AvgIpc) is 3.21. The number of rotatable bonds is 6. The molecule has 1 atom stereocenters. The van der Waals surface area contributed by atoms with Gasteiger partial charge >= 0.3 is 0 Å². The normalized spacial score (nSPS) is 17.3. The van der Waals surface area contributed by atoms with Crippen molar-refractivity contribution in [1.29, 1.82) is 0 Å². The molecule has 0 saturated carbocycles. The van der Waals surface area contributed by atoms with E-state index in [4.69, 9.17) is 4.42 Å². The van der Waals surface area contributed by atoms with Crippen LogP contribution in [0.1, 0.15) is 37.3 Å². The number of nitrogens with one attached hydrogen (secondary N) is 1. The molecular weight excluding hydrogens is 302 g/mol. The SMILES string of the molecule is CCc1nc2n(n1)CC(NCCCc1nc3ccccc3o1)CC2. The van der Waals surface area contributed by atoms with Crippen LogP contribution in [0, 0.1) is 0 Å². The van der Waals surface area contributed by atoms with E-state index in [1.165, 1.54) is 0 Å². The molecule has 0 radical (unpaired) electrons. The van der Waals surface area contributed by atoms with Gasteiger partial charge in [-0.05, 0) is 31.5 Å². The second kappa shape index (κ2) is 6.73. The van der Waals surface area contributed by atoms with Gasteiger partial charge in [0.25, 0.3) is 0 Å². The third kappa shape index (κ3) is 3.19. The molecule has 0 fully saturated rings. The maximum Gasteiger partial charge on any atom is 0.195 e. The van der Waals surface area contributed by atoms with Gasteiger partial charge in [0.1, 0.15) is 11.3 Å². The zero-order valence-electron chi connectivity index (χ0n) is 14.0. The van der Waals surface area contributed by atoms with Crippen LogP contribution in [0.2, 0.25) is 0 Å². The van der Waals surface area contributed by atoms with E-state index in [0.717, 1.165) is 73.8 Å². The molecule has 4 rings (SSSR count). The first-order chi connectivity index (χ1) is 11.8. The Morgan fingerprint density at radius 3 is 3.08 bits per heavy atom. The molecule has 3 aromatic rings. The maximum absolute atomic E-state index is 5.76. The van der Waals surface area contributed by atoms with E-state index in [1.807, 2.05) is 24.3 Å². The van der Waals surface area contributed by atoms with Gasteiger partial charge in [-0.25, -0.2) is 14.6 Å². The van der Waals surface area contributed by atoms with Gasteiger partial charge in [0, 0.05) is 25.3 Å². The first-order valence-corrected chi connectivity index (χ1v) is 8.82. The molecule has 1 aliphatic rings. The predicted molar refractivity (Wildman–Crippen MR) is 91.8 cm³/mol. The van der Waals surface area contributed by atoms with E-state index >= 15 is 0 Å². The lowest BCUT2D eigenvalue weighted by molar-refractivity contribution is 0.356. The summed E-state index contributed by atoms with van der Waals surface area (Å²) in [4.78, 5) is 9.09. The third-order valence-electron chi connectivity index (χ3n) is 4.56. The van der Waals surface area contributed by atoms with Crippen LogP contribution in [0.3, 0.4) is 0 Å². The van der Waals surface area contributed by atoms with Gasteiger partial charge in [-0.2, -0.15) is 5.10 Å². The molecule has 6 heteroatoms. The van der Waals surface area contributed by atoms with E-state index in [2.05, 4.69) is 32.0 Å². The lowest BCUT2D eigenvalue weighted by Crippen LogP contribution is -2.38. The van der Waals surface area contributed by atoms with Gasteiger partial charge in [0.05, 0.1) is 6.54 Å². The molecule has 0 aliphatic carbocycles. The van der Waals surface area contributed by atoms with Crippen LogP contribution in [0.15, 0.2) is 28.7 Å².